The number of anilines is 1. The molecule has 10 nitrogen and oxygen atoms in total. The molecule has 39 heavy (non-hydrogen) atoms. The predicted octanol–water partition coefficient (Wildman–Crippen LogP) is 3.63. The number of rotatable bonds is 11. The van der Waals surface area contributed by atoms with Crippen LogP contribution in [-0.4, -0.2) is 93.3 Å². The maximum Gasteiger partial charge on any atom is 0.221 e. The Morgan fingerprint density at radius 2 is 1.85 bits per heavy atom. The van der Waals surface area contributed by atoms with E-state index in [1.165, 1.54) is 13.2 Å². The highest BCUT2D eigenvalue weighted by atomic mass is 19.1. The number of piperazine rings is 1. The lowest BCUT2D eigenvalue weighted by Gasteiger charge is -2.34. The lowest BCUT2D eigenvalue weighted by Crippen LogP contribution is -2.48. The highest BCUT2D eigenvalue weighted by Gasteiger charge is 2.20. The van der Waals surface area contributed by atoms with Crippen LogP contribution in [0.3, 0.4) is 0 Å². The summed E-state index contributed by atoms with van der Waals surface area (Å²) in [7, 11) is 3.23. The Hall–Kier alpha value is -3.83. The number of hydrogen-bond acceptors (Lipinski definition) is 8. The van der Waals surface area contributed by atoms with Gasteiger partial charge in [0.2, 0.25) is 11.8 Å². The summed E-state index contributed by atoms with van der Waals surface area (Å²) in [4.78, 5) is 18.7. The first kappa shape index (κ1) is 28.2. The van der Waals surface area contributed by atoms with Crippen LogP contribution in [0.15, 0.2) is 30.3 Å². The van der Waals surface area contributed by atoms with Gasteiger partial charge in [0.05, 0.1) is 31.6 Å². The molecule has 1 saturated heterocycles. The van der Waals surface area contributed by atoms with E-state index in [2.05, 4.69) is 15.2 Å². The number of nitrogens with zero attached hydrogens (tertiary/aromatic N) is 2. The normalized spacial score (nSPS) is 13.9. The minimum absolute atomic E-state index is 0.0364. The van der Waals surface area contributed by atoms with Crippen LogP contribution in [0.25, 0.3) is 10.9 Å². The predicted molar refractivity (Wildman–Crippen MR) is 148 cm³/mol. The van der Waals surface area contributed by atoms with Crippen molar-refractivity contribution in [2.45, 2.75) is 13.8 Å². The van der Waals surface area contributed by atoms with Crippen LogP contribution in [-0.2, 0) is 9.53 Å². The standard InChI is InChI=1S/C28H36FN5O5/c1-18-15-20-22(32-18)5-6-24(27(20)29)39-28(30)21-16-25(36-4)26(17-23(21)31-3)38-14-13-37-12-11-33-7-9-34(10-8-33)19(2)35/h5-6,15-17,30-32H,7-14H2,1-4H3. The molecule has 0 unspecified atom stereocenters. The molecule has 4 rings (SSSR count). The number of benzene rings is 2. The second kappa shape index (κ2) is 12.8. The lowest BCUT2D eigenvalue weighted by atomic mass is 10.1. The fourth-order valence-corrected chi connectivity index (χ4v) is 4.55. The van der Waals surface area contributed by atoms with Crippen LogP contribution in [0.1, 0.15) is 18.2 Å². The second-order valence-corrected chi connectivity index (χ2v) is 9.33. The number of hydrogen-bond donors (Lipinski definition) is 3. The maximum absolute atomic E-state index is 15.0. The van der Waals surface area contributed by atoms with Crippen LogP contribution >= 0.6 is 0 Å². The van der Waals surface area contributed by atoms with Crippen molar-refractivity contribution in [3.63, 3.8) is 0 Å². The van der Waals surface area contributed by atoms with Crippen molar-refractivity contribution in [3.05, 3.63) is 47.4 Å². The van der Waals surface area contributed by atoms with Gasteiger partial charge in [0, 0.05) is 69.4 Å². The van der Waals surface area contributed by atoms with Gasteiger partial charge < -0.3 is 34.1 Å². The summed E-state index contributed by atoms with van der Waals surface area (Å²) in [5, 5.41) is 12.0. The molecule has 0 saturated carbocycles. The Labute approximate surface area is 227 Å². The molecule has 0 radical (unpaired) electrons. The number of aromatic amines is 1. The van der Waals surface area contributed by atoms with Crippen molar-refractivity contribution >= 4 is 28.4 Å². The number of H-pyrrole nitrogens is 1. The number of amides is 1. The summed E-state index contributed by atoms with van der Waals surface area (Å²) in [6.07, 6.45) is 0. The number of methoxy groups -OCH3 is 1. The summed E-state index contributed by atoms with van der Waals surface area (Å²) >= 11 is 0. The van der Waals surface area contributed by atoms with E-state index in [1.54, 1.807) is 38.2 Å². The Balaban J connectivity index is 1.31. The van der Waals surface area contributed by atoms with Gasteiger partial charge in [-0.1, -0.05) is 0 Å². The lowest BCUT2D eigenvalue weighted by molar-refractivity contribution is -0.130. The first-order chi connectivity index (χ1) is 18.8. The van der Waals surface area contributed by atoms with Crippen LogP contribution < -0.4 is 19.5 Å². The largest absolute Gasteiger partial charge is 0.493 e. The van der Waals surface area contributed by atoms with Gasteiger partial charge in [-0.15, -0.1) is 0 Å². The third-order valence-electron chi connectivity index (χ3n) is 6.72. The van der Waals surface area contributed by atoms with Crippen molar-refractivity contribution in [3.8, 4) is 17.2 Å². The highest BCUT2D eigenvalue weighted by molar-refractivity contribution is 6.00. The average Bonchev–Trinajstić information content (AvgIpc) is 3.33. The number of carbonyl (C=O) groups excluding carboxylic acids is 1. The summed E-state index contributed by atoms with van der Waals surface area (Å²) in [5.41, 5.74) is 2.47. The van der Waals surface area contributed by atoms with Crippen molar-refractivity contribution in [2.24, 2.45) is 0 Å². The van der Waals surface area contributed by atoms with E-state index in [-0.39, 0.29) is 17.6 Å². The van der Waals surface area contributed by atoms with Crippen LogP contribution in [0.5, 0.6) is 17.2 Å². The van der Waals surface area contributed by atoms with E-state index >= 15 is 0 Å². The minimum Gasteiger partial charge on any atom is -0.493 e. The number of ether oxygens (including phenoxy) is 4. The molecule has 1 amide bonds. The smallest absolute Gasteiger partial charge is 0.221 e. The topological polar surface area (TPSA) is 112 Å². The molecule has 0 spiro atoms. The van der Waals surface area contributed by atoms with Crippen molar-refractivity contribution in [2.75, 3.05) is 72.0 Å². The summed E-state index contributed by atoms with van der Waals surface area (Å²) in [5.74, 6) is 0.220. The summed E-state index contributed by atoms with van der Waals surface area (Å²) in [6.45, 7) is 8.73. The molecule has 0 bridgehead atoms. The number of carbonyl (C=O) groups is 1. The highest BCUT2D eigenvalue weighted by Crippen LogP contribution is 2.35. The third kappa shape index (κ3) is 6.79. The number of halogens is 1. The molecule has 2 aromatic carbocycles. The van der Waals surface area contributed by atoms with Crippen LogP contribution in [0.2, 0.25) is 0 Å². The molecule has 1 aliphatic heterocycles. The molecule has 210 valence electrons. The van der Waals surface area contributed by atoms with Gasteiger partial charge in [0.25, 0.3) is 0 Å². The zero-order chi connectivity index (χ0) is 27.9. The van der Waals surface area contributed by atoms with E-state index in [4.69, 9.17) is 24.4 Å². The van der Waals surface area contributed by atoms with Gasteiger partial charge in [-0.3, -0.25) is 15.1 Å². The monoisotopic (exact) mass is 541 g/mol. The zero-order valence-electron chi connectivity index (χ0n) is 22.9. The molecule has 3 aromatic rings. The average molecular weight is 542 g/mol. The first-order valence-electron chi connectivity index (χ1n) is 12.9. The number of nitrogens with one attached hydrogen (secondary N) is 3. The molecule has 2 heterocycles. The van der Waals surface area contributed by atoms with E-state index in [1.807, 2.05) is 11.8 Å². The molecule has 11 heteroatoms. The van der Waals surface area contributed by atoms with Crippen molar-refractivity contribution in [1.29, 1.82) is 5.41 Å². The Kier molecular flexibility index (Phi) is 9.26. The fraction of sp³-hybridized carbons (Fsp3) is 0.429. The molecular weight excluding hydrogens is 505 g/mol. The molecular formula is C28H36FN5O5. The van der Waals surface area contributed by atoms with Gasteiger partial charge in [0.1, 0.15) is 6.61 Å². The second-order valence-electron chi connectivity index (χ2n) is 9.33. The van der Waals surface area contributed by atoms with Crippen molar-refractivity contribution in [1.82, 2.24) is 14.8 Å². The van der Waals surface area contributed by atoms with E-state index in [0.717, 1.165) is 38.4 Å². The van der Waals surface area contributed by atoms with Crippen LogP contribution in [0.4, 0.5) is 10.1 Å². The third-order valence-corrected chi connectivity index (χ3v) is 6.72. The first-order valence-corrected chi connectivity index (χ1v) is 12.9. The SMILES string of the molecule is CNc1cc(OCCOCCN2CCN(C(C)=O)CC2)c(OC)cc1C(=N)Oc1ccc2[nH]c(C)cc2c1F. The van der Waals surface area contributed by atoms with Crippen LogP contribution in [0, 0.1) is 18.2 Å². The number of aryl methyl sites for hydroxylation is 1. The Bertz CT molecular complexity index is 1320. The summed E-state index contributed by atoms with van der Waals surface area (Å²) in [6, 6.07) is 8.27. The van der Waals surface area contributed by atoms with Gasteiger partial charge in [-0.2, -0.15) is 0 Å². The van der Waals surface area contributed by atoms with E-state index in [9.17, 15) is 9.18 Å². The molecule has 1 aliphatic rings. The molecule has 0 atom stereocenters. The van der Waals surface area contributed by atoms with Gasteiger partial charge in [0.15, 0.2) is 23.1 Å². The molecule has 1 fully saturated rings. The number of aromatic nitrogens is 1. The van der Waals surface area contributed by atoms with Gasteiger partial charge in [-0.05, 0) is 31.2 Å². The van der Waals surface area contributed by atoms with E-state index < -0.39 is 5.82 Å². The van der Waals surface area contributed by atoms with E-state index in [0.29, 0.717) is 53.5 Å². The number of fused-ring (bicyclic) bond motifs is 1. The fourth-order valence-electron chi connectivity index (χ4n) is 4.55. The van der Waals surface area contributed by atoms with Gasteiger partial charge >= 0.3 is 0 Å². The molecule has 1 aromatic heterocycles. The van der Waals surface area contributed by atoms with Crippen molar-refractivity contribution < 1.29 is 28.1 Å². The van der Waals surface area contributed by atoms with Gasteiger partial charge in [-0.25, -0.2) is 4.39 Å². The molecule has 0 aliphatic carbocycles. The Morgan fingerprint density at radius 1 is 1.08 bits per heavy atom. The summed E-state index contributed by atoms with van der Waals surface area (Å²) < 4.78 is 37.8. The quantitative estimate of drug-likeness (QED) is 0.193. The maximum atomic E-state index is 15.0. The zero-order valence-corrected chi connectivity index (χ0v) is 22.9. The molecule has 3 N–H and O–H groups in total. The minimum atomic E-state index is -0.530. The Morgan fingerprint density at radius 3 is 2.54 bits per heavy atom.